The van der Waals surface area contributed by atoms with Crippen molar-refractivity contribution in [2.24, 2.45) is 7.05 Å². The Kier molecular flexibility index (Phi) is 5.38. The van der Waals surface area contributed by atoms with E-state index in [-0.39, 0.29) is 12.5 Å². The molecule has 0 N–H and O–H groups in total. The van der Waals surface area contributed by atoms with Crippen LogP contribution in [0.3, 0.4) is 0 Å². The minimum Gasteiger partial charge on any atom is -0.478 e. The molecule has 1 fully saturated rings. The minimum atomic E-state index is -0.243. The minimum absolute atomic E-state index is 0.243. The molecule has 4 heterocycles. The summed E-state index contributed by atoms with van der Waals surface area (Å²) in [6, 6.07) is 5.96. The first-order valence-corrected chi connectivity index (χ1v) is 11.8. The fraction of sp³-hybridized carbons (Fsp3) is 0.320. The van der Waals surface area contributed by atoms with Gasteiger partial charge in [-0.3, -0.25) is 14.4 Å². The van der Waals surface area contributed by atoms with Crippen LogP contribution in [0.2, 0.25) is 5.15 Å². The van der Waals surface area contributed by atoms with E-state index in [1.165, 1.54) is 7.11 Å². The Bertz CT molecular complexity index is 1450. The number of fused-ring (bicyclic) bond motifs is 3. The van der Waals surface area contributed by atoms with Crippen LogP contribution in [0, 0.1) is 0 Å². The molecule has 178 valence electrons. The number of nitrogens with zero attached hydrogens (tertiary/aromatic N) is 6. The van der Waals surface area contributed by atoms with Gasteiger partial charge < -0.3 is 9.47 Å². The molecule has 1 aliphatic heterocycles. The summed E-state index contributed by atoms with van der Waals surface area (Å²) in [5, 5.41) is 5.80. The van der Waals surface area contributed by atoms with Crippen LogP contribution in [-0.4, -0.2) is 37.7 Å². The molecule has 6 rings (SSSR count). The lowest BCUT2D eigenvalue weighted by Crippen LogP contribution is -2.31. The second-order valence-electron chi connectivity index (χ2n) is 8.90. The van der Waals surface area contributed by atoms with E-state index >= 15 is 0 Å². The molecule has 1 aliphatic carbocycles. The number of rotatable bonds is 6. The number of carbonyl (C=O) groups excluding carboxylic acids is 1. The predicted molar refractivity (Wildman–Crippen MR) is 130 cm³/mol. The number of aromatic nitrogens is 5. The van der Waals surface area contributed by atoms with Gasteiger partial charge in [0.1, 0.15) is 16.7 Å². The molecule has 10 heteroatoms. The van der Waals surface area contributed by atoms with Crippen LogP contribution in [0.5, 0.6) is 5.88 Å². The summed E-state index contributed by atoms with van der Waals surface area (Å²) in [6.07, 6.45) is 7.16. The van der Waals surface area contributed by atoms with Crippen molar-refractivity contribution in [1.82, 2.24) is 24.7 Å². The summed E-state index contributed by atoms with van der Waals surface area (Å²) in [6.45, 7) is 1.26. The summed E-state index contributed by atoms with van der Waals surface area (Å²) in [7, 11) is 3.32. The monoisotopic (exact) mass is 490 g/mol. The fourth-order valence-corrected chi connectivity index (χ4v) is 4.70. The van der Waals surface area contributed by atoms with E-state index in [0.717, 1.165) is 46.3 Å². The first kappa shape index (κ1) is 21.9. The fourth-order valence-electron chi connectivity index (χ4n) is 4.44. The van der Waals surface area contributed by atoms with Gasteiger partial charge in [-0.25, -0.2) is 15.0 Å². The highest BCUT2D eigenvalue weighted by molar-refractivity contribution is 6.30. The van der Waals surface area contributed by atoms with Crippen LogP contribution in [0.4, 0.5) is 5.69 Å². The summed E-state index contributed by atoms with van der Waals surface area (Å²) in [5.74, 6) is 1.32. The topological polar surface area (TPSA) is 95.3 Å². The molecule has 0 atom stereocenters. The molecule has 0 saturated heterocycles. The number of pyridine rings is 1. The molecule has 1 saturated carbocycles. The van der Waals surface area contributed by atoms with Crippen molar-refractivity contribution in [2.75, 3.05) is 12.0 Å². The molecule has 3 aromatic heterocycles. The normalized spacial score (nSPS) is 14.8. The third kappa shape index (κ3) is 4.00. The number of halogens is 1. The number of benzene rings is 1. The van der Waals surface area contributed by atoms with Gasteiger partial charge in [0, 0.05) is 36.3 Å². The van der Waals surface area contributed by atoms with Crippen LogP contribution in [-0.2, 0) is 31.5 Å². The second kappa shape index (κ2) is 8.58. The number of methoxy groups -OCH3 is 1. The van der Waals surface area contributed by atoms with E-state index in [1.54, 1.807) is 35.2 Å². The van der Waals surface area contributed by atoms with Crippen LogP contribution in [0.15, 0.2) is 36.8 Å². The summed E-state index contributed by atoms with van der Waals surface area (Å²) < 4.78 is 12.7. The Balaban J connectivity index is 1.38. The highest BCUT2D eigenvalue weighted by Crippen LogP contribution is 2.38. The lowest BCUT2D eigenvalue weighted by Gasteiger charge is -2.22. The molecule has 1 amide bonds. The highest BCUT2D eigenvalue weighted by atomic mass is 35.5. The Morgan fingerprint density at radius 1 is 1.23 bits per heavy atom. The zero-order chi connectivity index (χ0) is 24.1. The molecule has 35 heavy (non-hydrogen) atoms. The largest absolute Gasteiger partial charge is 0.478 e. The van der Waals surface area contributed by atoms with Gasteiger partial charge in [0.2, 0.25) is 0 Å². The van der Waals surface area contributed by atoms with Gasteiger partial charge in [0.25, 0.3) is 11.8 Å². The zero-order valence-corrected chi connectivity index (χ0v) is 20.1. The first-order chi connectivity index (χ1) is 17.0. The van der Waals surface area contributed by atoms with Gasteiger partial charge in [-0.2, -0.15) is 0 Å². The SMILES string of the molecule is COc1nn(C)cc1N(Cc1ccc2c3c(c(Cl)nc2c1)COC3)C(=O)c1cnc(C2CC2)nc1. The van der Waals surface area contributed by atoms with Crippen molar-refractivity contribution in [3.8, 4) is 5.88 Å². The Morgan fingerprint density at radius 3 is 2.74 bits per heavy atom. The summed E-state index contributed by atoms with van der Waals surface area (Å²) >= 11 is 6.42. The molecule has 9 nitrogen and oxygen atoms in total. The number of hydrogen-bond donors (Lipinski definition) is 0. The molecule has 4 aromatic rings. The van der Waals surface area contributed by atoms with Crippen LogP contribution < -0.4 is 9.64 Å². The average molecular weight is 491 g/mol. The van der Waals surface area contributed by atoms with E-state index in [4.69, 9.17) is 21.1 Å². The van der Waals surface area contributed by atoms with Crippen LogP contribution in [0.25, 0.3) is 10.9 Å². The van der Waals surface area contributed by atoms with Gasteiger partial charge in [-0.05, 0) is 30.0 Å². The molecule has 1 aromatic carbocycles. The summed E-state index contributed by atoms with van der Waals surface area (Å²) in [4.78, 5) is 28.8. The number of carbonyl (C=O) groups is 1. The molecule has 0 bridgehead atoms. The van der Waals surface area contributed by atoms with Gasteiger partial charge in [0.15, 0.2) is 0 Å². The molecular formula is C25H23ClN6O3. The standard InChI is InChI=1S/C25H23ClN6O3/c1-31-11-21(24(30-31)34-2)32(25(33)16-8-27-23(28-9-16)15-4-5-15)10-14-3-6-17-18-12-35-13-19(18)22(26)29-20(17)7-14/h3,6-9,11,15H,4-5,10,12-13H2,1-2H3. The van der Waals surface area contributed by atoms with Gasteiger partial charge in [-0.15, -0.1) is 5.10 Å². The second-order valence-corrected chi connectivity index (χ2v) is 9.25. The lowest BCUT2D eigenvalue weighted by molar-refractivity contribution is 0.0983. The van der Waals surface area contributed by atoms with Crippen molar-refractivity contribution in [3.05, 3.63) is 70.0 Å². The average Bonchev–Trinajstić information content (AvgIpc) is 3.47. The van der Waals surface area contributed by atoms with Crippen molar-refractivity contribution in [1.29, 1.82) is 0 Å². The molecular weight excluding hydrogens is 468 g/mol. The van der Waals surface area contributed by atoms with E-state index in [0.29, 0.717) is 41.4 Å². The van der Waals surface area contributed by atoms with Gasteiger partial charge in [0.05, 0.1) is 44.1 Å². The highest BCUT2D eigenvalue weighted by Gasteiger charge is 2.28. The van der Waals surface area contributed by atoms with E-state index in [2.05, 4.69) is 20.1 Å². The number of aryl methyl sites for hydroxylation is 1. The third-order valence-corrected chi connectivity index (χ3v) is 6.73. The third-order valence-electron chi connectivity index (χ3n) is 6.42. The first-order valence-electron chi connectivity index (χ1n) is 11.4. The van der Waals surface area contributed by atoms with E-state index in [9.17, 15) is 4.79 Å². The lowest BCUT2D eigenvalue weighted by atomic mass is 10.0. The number of amides is 1. The van der Waals surface area contributed by atoms with Crippen molar-refractivity contribution in [3.63, 3.8) is 0 Å². The Labute approximate surface area is 206 Å². The molecule has 0 spiro atoms. The smallest absolute Gasteiger partial charge is 0.261 e. The Hall–Kier alpha value is -3.56. The Morgan fingerprint density at radius 2 is 2.00 bits per heavy atom. The molecule has 2 aliphatic rings. The van der Waals surface area contributed by atoms with Gasteiger partial charge >= 0.3 is 0 Å². The maximum atomic E-state index is 13.7. The van der Waals surface area contributed by atoms with E-state index < -0.39 is 0 Å². The maximum absolute atomic E-state index is 13.7. The molecule has 0 radical (unpaired) electrons. The van der Waals surface area contributed by atoms with Crippen molar-refractivity contribution >= 4 is 34.1 Å². The van der Waals surface area contributed by atoms with Gasteiger partial charge in [-0.1, -0.05) is 23.7 Å². The molecule has 0 unspecified atom stereocenters. The summed E-state index contributed by atoms with van der Waals surface area (Å²) in [5.41, 5.74) is 4.62. The van der Waals surface area contributed by atoms with E-state index in [1.807, 2.05) is 18.2 Å². The van der Waals surface area contributed by atoms with Crippen LogP contribution in [0.1, 0.15) is 51.6 Å². The number of ether oxygens (including phenoxy) is 2. The number of anilines is 1. The quantitative estimate of drug-likeness (QED) is 0.374. The van der Waals surface area contributed by atoms with Crippen molar-refractivity contribution < 1.29 is 14.3 Å². The number of hydrogen-bond acceptors (Lipinski definition) is 7. The van der Waals surface area contributed by atoms with Crippen molar-refractivity contribution in [2.45, 2.75) is 38.5 Å². The van der Waals surface area contributed by atoms with Crippen LogP contribution >= 0.6 is 11.6 Å². The predicted octanol–water partition coefficient (Wildman–Crippen LogP) is 4.17. The maximum Gasteiger partial charge on any atom is 0.261 e. The zero-order valence-electron chi connectivity index (χ0n) is 19.4.